The topological polar surface area (TPSA) is 45.2 Å². The molecule has 0 radical (unpaired) electrons. The lowest BCUT2D eigenvalue weighted by molar-refractivity contribution is -0.147. The standard InChI is InChI=1S/C23H43N3O3/c1-16(2)22(26-13-19(5)29-20(6)14-26)23(27)25-9-7-21(8-10-25)15-24-11-17(3)28-18(4)12-24/h16-22H,7-15H2,1-6H3. The van der Waals surface area contributed by atoms with E-state index in [1.54, 1.807) is 0 Å². The second kappa shape index (κ2) is 10.1. The Morgan fingerprint density at radius 2 is 1.34 bits per heavy atom. The van der Waals surface area contributed by atoms with E-state index < -0.39 is 0 Å². The summed E-state index contributed by atoms with van der Waals surface area (Å²) in [5, 5.41) is 0. The van der Waals surface area contributed by atoms with Gasteiger partial charge in [-0.25, -0.2) is 0 Å². The van der Waals surface area contributed by atoms with Crippen molar-refractivity contribution in [2.24, 2.45) is 11.8 Å². The maximum Gasteiger partial charge on any atom is 0.240 e. The average Bonchev–Trinajstić information content (AvgIpc) is 2.60. The fourth-order valence-corrected chi connectivity index (χ4v) is 5.63. The molecule has 0 aliphatic carbocycles. The number of morpholine rings is 2. The number of likely N-dealkylation sites (tertiary alicyclic amines) is 1. The molecule has 6 nitrogen and oxygen atoms in total. The minimum absolute atomic E-state index is 0.0266. The zero-order chi connectivity index (χ0) is 21.1. The first-order valence-electron chi connectivity index (χ1n) is 11.8. The highest BCUT2D eigenvalue weighted by atomic mass is 16.5. The van der Waals surface area contributed by atoms with Crippen LogP contribution in [-0.4, -0.2) is 96.9 Å². The van der Waals surface area contributed by atoms with Crippen molar-refractivity contribution in [2.75, 3.05) is 45.8 Å². The Morgan fingerprint density at radius 1 is 0.862 bits per heavy atom. The Balaban J connectivity index is 1.52. The largest absolute Gasteiger partial charge is 0.373 e. The molecule has 0 saturated carbocycles. The monoisotopic (exact) mass is 409 g/mol. The highest BCUT2D eigenvalue weighted by Gasteiger charge is 2.37. The van der Waals surface area contributed by atoms with E-state index in [9.17, 15) is 4.79 Å². The van der Waals surface area contributed by atoms with Crippen molar-refractivity contribution in [2.45, 2.75) is 84.8 Å². The summed E-state index contributed by atoms with van der Waals surface area (Å²) in [5.74, 6) is 1.33. The van der Waals surface area contributed by atoms with E-state index in [0.717, 1.165) is 58.7 Å². The van der Waals surface area contributed by atoms with Crippen molar-refractivity contribution in [3.05, 3.63) is 0 Å². The number of ether oxygens (including phenoxy) is 2. The molecule has 3 aliphatic rings. The van der Waals surface area contributed by atoms with E-state index in [1.165, 1.54) is 0 Å². The number of hydrogen-bond donors (Lipinski definition) is 0. The maximum atomic E-state index is 13.5. The number of rotatable bonds is 5. The van der Waals surface area contributed by atoms with Gasteiger partial charge in [0.1, 0.15) is 0 Å². The van der Waals surface area contributed by atoms with Gasteiger partial charge >= 0.3 is 0 Å². The summed E-state index contributed by atoms with van der Waals surface area (Å²) in [6.07, 6.45) is 3.27. The van der Waals surface area contributed by atoms with Crippen LogP contribution in [0, 0.1) is 11.8 Å². The maximum absolute atomic E-state index is 13.5. The van der Waals surface area contributed by atoms with Gasteiger partial charge in [-0.2, -0.15) is 0 Å². The third kappa shape index (κ3) is 6.16. The molecule has 6 heteroatoms. The minimum atomic E-state index is -0.0266. The molecule has 3 fully saturated rings. The van der Waals surface area contributed by atoms with E-state index in [-0.39, 0.29) is 18.2 Å². The van der Waals surface area contributed by atoms with Crippen LogP contribution in [0.2, 0.25) is 0 Å². The number of nitrogens with zero attached hydrogens (tertiary/aromatic N) is 3. The molecule has 5 unspecified atom stereocenters. The predicted octanol–water partition coefficient (Wildman–Crippen LogP) is 2.47. The molecular weight excluding hydrogens is 366 g/mol. The average molecular weight is 410 g/mol. The summed E-state index contributed by atoms with van der Waals surface area (Å²) in [5.41, 5.74) is 0. The van der Waals surface area contributed by atoms with Gasteiger partial charge in [-0.3, -0.25) is 14.6 Å². The molecule has 0 aromatic heterocycles. The molecule has 3 saturated heterocycles. The van der Waals surface area contributed by atoms with Crippen molar-refractivity contribution in [3.8, 4) is 0 Å². The Labute approximate surface area is 177 Å². The first-order valence-corrected chi connectivity index (χ1v) is 11.8. The second-order valence-corrected chi connectivity index (χ2v) is 10.1. The third-order valence-electron chi connectivity index (χ3n) is 6.66. The van der Waals surface area contributed by atoms with Crippen LogP contribution in [0.1, 0.15) is 54.4 Å². The normalized spacial score (nSPS) is 34.5. The molecule has 3 heterocycles. The number of hydrogen-bond acceptors (Lipinski definition) is 5. The first kappa shape index (κ1) is 23.0. The second-order valence-electron chi connectivity index (χ2n) is 10.1. The summed E-state index contributed by atoms with van der Waals surface area (Å²) in [7, 11) is 0. The molecule has 0 bridgehead atoms. The van der Waals surface area contributed by atoms with Gasteiger partial charge in [0.25, 0.3) is 0 Å². The van der Waals surface area contributed by atoms with Crippen molar-refractivity contribution in [1.82, 2.24) is 14.7 Å². The van der Waals surface area contributed by atoms with Crippen LogP contribution in [-0.2, 0) is 14.3 Å². The van der Waals surface area contributed by atoms with Gasteiger partial charge in [-0.15, -0.1) is 0 Å². The molecule has 0 aromatic rings. The highest BCUT2D eigenvalue weighted by molar-refractivity contribution is 5.82. The van der Waals surface area contributed by atoms with Crippen molar-refractivity contribution in [3.63, 3.8) is 0 Å². The molecule has 1 amide bonds. The molecule has 5 atom stereocenters. The quantitative estimate of drug-likeness (QED) is 0.698. The lowest BCUT2D eigenvalue weighted by atomic mass is 9.93. The van der Waals surface area contributed by atoms with E-state index in [4.69, 9.17) is 9.47 Å². The van der Waals surface area contributed by atoms with E-state index in [1.807, 2.05) is 0 Å². The summed E-state index contributed by atoms with van der Waals surface area (Å²) >= 11 is 0. The Morgan fingerprint density at radius 3 is 1.83 bits per heavy atom. The van der Waals surface area contributed by atoms with Crippen molar-refractivity contribution >= 4 is 5.91 Å². The van der Waals surface area contributed by atoms with E-state index in [2.05, 4.69) is 56.2 Å². The first-order chi connectivity index (χ1) is 13.7. The summed E-state index contributed by atoms with van der Waals surface area (Å²) in [6.45, 7) is 19.6. The van der Waals surface area contributed by atoms with Gasteiger partial charge in [0, 0.05) is 45.8 Å². The molecule has 168 valence electrons. The highest BCUT2D eigenvalue weighted by Crippen LogP contribution is 2.25. The lowest BCUT2D eigenvalue weighted by Gasteiger charge is -2.44. The van der Waals surface area contributed by atoms with Crippen LogP contribution >= 0.6 is 0 Å². The molecule has 0 N–H and O–H groups in total. The zero-order valence-electron chi connectivity index (χ0n) is 19.5. The summed E-state index contributed by atoms with van der Waals surface area (Å²) in [6, 6.07) is -0.0266. The van der Waals surface area contributed by atoms with Gasteiger partial charge < -0.3 is 14.4 Å². The fraction of sp³-hybridized carbons (Fsp3) is 0.957. The van der Waals surface area contributed by atoms with E-state index >= 15 is 0 Å². The van der Waals surface area contributed by atoms with Crippen LogP contribution in [0.5, 0.6) is 0 Å². The number of piperidine rings is 1. The zero-order valence-corrected chi connectivity index (χ0v) is 19.5. The van der Waals surface area contributed by atoms with Crippen molar-refractivity contribution in [1.29, 1.82) is 0 Å². The van der Waals surface area contributed by atoms with Crippen LogP contribution in [0.3, 0.4) is 0 Å². The van der Waals surface area contributed by atoms with E-state index in [0.29, 0.717) is 30.0 Å². The number of carbonyl (C=O) groups is 1. The molecule has 0 spiro atoms. The minimum Gasteiger partial charge on any atom is -0.373 e. The third-order valence-corrected chi connectivity index (χ3v) is 6.66. The number of carbonyl (C=O) groups excluding carboxylic acids is 1. The lowest BCUT2D eigenvalue weighted by Crippen LogP contribution is -2.58. The molecule has 0 aromatic carbocycles. The van der Waals surface area contributed by atoms with Gasteiger partial charge in [-0.1, -0.05) is 13.8 Å². The Bertz CT molecular complexity index is 515. The predicted molar refractivity (Wildman–Crippen MR) is 116 cm³/mol. The summed E-state index contributed by atoms with van der Waals surface area (Å²) < 4.78 is 11.8. The smallest absolute Gasteiger partial charge is 0.240 e. The van der Waals surface area contributed by atoms with Crippen LogP contribution in [0.4, 0.5) is 0 Å². The van der Waals surface area contributed by atoms with Gasteiger partial charge in [-0.05, 0) is 52.4 Å². The van der Waals surface area contributed by atoms with Crippen LogP contribution in [0.25, 0.3) is 0 Å². The number of amides is 1. The van der Waals surface area contributed by atoms with Gasteiger partial charge in [0.2, 0.25) is 5.91 Å². The van der Waals surface area contributed by atoms with Gasteiger partial charge in [0.05, 0.1) is 30.5 Å². The Kier molecular flexibility index (Phi) is 7.99. The van der Waals surface area contributed by atoms with Gasteiger partial charge in [0.15, 0.2) is 0 Å². The van der Waals surface area contributed by atoms with Crippen molar-refractivity contribution < 1.29 is 14.3 Å². The van der Waals surface area contributed by atoms with Crippen LogP contribution < -0.4 is 0 Å². The molecule has 29 heavy (non-hydrogen) atoms. The molecule has 3 aliphatic heterocycles. The fourth-order valence-electron chi connectivity index (χ4n) is 5.63. The molecule has 3 rings (SSSR count). The van der Waals surface area contributed by atoms with Crippen LogP contribution in [0.15, 0.2) is 0 Å². The Hall–Kier alpha value is -0.690. The SMILES string of the molecule is CC1CN(CC2CCN(C(=O)C(C(C)C)N3CC(C)OC(C)C3)CC2)CC(C)O1. The molecular formula is C23H43N3O3. The summed E-state index contributed by atoms with van der Waals surface area (Å²) in [4.78, 5) is 20.5.